The summed E-state index contributed by atoms with van der Waals surface area (Å²) in [6.45, 7) is 17.6. The van der Waals surface area contributed by atoms with Crippen LogP contribution in [0.3, 0.4) is 0 Å². The Balaban J connectivity index is 1.78. The molecule has 1 fully saturated rings. The number of esters is 1. The molecule has 0 N–H and O–H groups in total. The monoisotopic (exact) mass is 531 g/mol. The van der Waals surface area contributed by atoms with Crippen molar-refractivity contribution < 1.29 is 33.1 Å². The lowest BCUT2D eigenvalue weighted by Gasteiger charge is -2.40. The van der Waals surface area contributed by atoms with E-state index in [-0.39, 0.29) is 35.8 Å². The number of hydrogen-bond donors (Lipinski definition) is 0. The normalized spacial score (nSPS) is 23.4. The molecule has 3 rings (SSSR count). The van der Waals surface area contributed by atoms with Crippen molar-refractivity contribution in [2.75, 3.05) is 13.2 Å². The minimum Gasteiger partial charge on any atom is -0.462 e. The Labute approximate surface area is 221 Å². The van der Waals surface area contributed by atoms with Crippen LogP contribution < -0.4 is 0 Å². The van der Waals surface area contributed by atoms with Gasteiger partial charge in [-0.15, -0.1) is 0 Å². The summed E-state index contributed by atoms with van der Waals surface area (Å²) < 4.78 is 18.1. The number of Topliss-reactive ketones (excluding diaryl/α,β-unsaturated/α-hetero) is 1. The van der Waals surface area contributed by atoms with Gasteiger partial charge < -0.3 is 13.9 Å². The van der Waals surface area contributed by atoms with Crippen molar-refractivity contribution in [3.63, 3.8) is 0 Å². The van der Waals surface area contributed by atoms with Gasteiger partial charge in [0.25, 0.3) is 11.8 Å². The lowest BCUT2D eigenvalue weighted by molar-refractivity contribution is -0.157. The molecule has 9 heteroatoms. The first-order valence-corrected chi connectivity index (χ1v) is 15.8. The van der Waals surface area contributed by atoms with Gasteiger partial charge in [-0.1, -0.05) is 39.8 Å². The van der Waals surface area contributed by atoms with Crippen molar-refractivity contribution in [2.24, 2.45) is 11.3 Å². The van der Waals surface area contributed by atoms with E-state index in [1.807, 2.05) is 0 Å². The van der Waals surface area contributed by atoms with Crippen LogP contribution in [0.5, 0.6) is 0 Å². The molecule has 2 aliphatic rings. The Morgan fingerprint density at radius 1 is 1.03 bits per heavy atom. The number of ether oxygens (including phenoxy) is 2. The van der Waals surface area contributed by atoms with E-state index in [1.54, 1.807) is 52.0 Å². The van der Waals surface area contributed by atoms with Crippen LogP contribution in [0.25, 0.3) is 0 Å². The largest absolute Gasteiger partial charge is 0.462 e. The fraction of sp³-hybridized carbons (Fsp3) is 0.643. The second-order valence-corrected chi connectivity index (χ2v) is 17.5. The Morgan fingerprint density at radius 2 is 1.57 bits per heavy atom. The SMILES string of the molecule is C[C@@H]1C(=O)[C@H](COC(=O)C(C)(C)C)O[C@@H]1CC(CN1C(=O)c2ccccc2C1=O)O[Si](C)(C)C(C)(C)C. The predicted molar refractivity (Wildman–Crippen MR) is 142 cm³/mol. The summed E-state index contributed by atoms with van der Waals surface area (Å²) in [5.41, 5.74) is 0.0983. The van der Waals surface area contributed by atoms with Gasteiger partial charge in [0.1, 0.15) is 6.61 Å². The number of fused-ring (bicyclic) bond motifs is 1. The molecule has 1 unspecified atom stereocenters. The molecular formula is C28H41NO7Si. The Bertz CT molecular complexity index is 1030. The molecule has 2 heterocycles. The number of rotatable bonds is 8. The zero-order chi connectivity index (χ0) is 27.9. The lowest BCUT2D eigenvalue weighted by Crippen LogP contribution is -2.49. The van der Waals surface area contributed by atoms with E-state index in [9.17, 15) is 19.2 Å². The number of amides is 2. The standard InChI is InChI=1S/C28H41NO7Si/c1-17-21(35-22(23(17)30)16-34-26(33)27(2,3)4)14-18(36-37(8,9)28(5,6)7)15-29-24(31)19-12-10-11-13-20(19)25(29)32/h10-13,17-18,21-22H,14-16H2,1-9H3/t17-,18?,21+,22-/m0/s1. The van der Waals surface area contributed by atoms with Crippen molar-refractivity contribution in [2.45, 2.75) is 91.3 Å². The average Bonchev–Trinajstić information content (AvgIpc) is 3.18. The molecule has 4 atom stereocenters. The highest BCUT2D eigenvalue weighted by atomic mass is 28.4. The van der Waals surface area contributed by atoms with Crippen LogP contribution in [0.15, 0.2) is 24.3 Å². The highest BCUT2D eigenvalue weighted by molar-refractivity contribution is 6.74. The van der Waals surface area contributed by atoms with Gasteiger partial charge in [-0.25, -0.2) is 0 Å². The molecular weight excluding hydrogens is 490 g/mol. The van der Waals surface area contributed by atoms with E-state index >= 15 is 0 Å². The van der Waals surface area contributed by atoms with E-state index in [1.165, 1.54) is 4.90 Å². The molecule has 0 saturated carbocycles. The minimum atomic E-state index is -2.30. The number of benzene rings is 1. The van der Waals surface area contributed by atoms with Crippen LogP contribution in [0.1, 0.15) is 75.6 Å². The number of nitrogens with zero attached hydrogens (tertiary/aromatic N) is 1. The minimum absolute atomic E-state index is 0.0727. The fourth-order valence-corrected chi connectivity index (χ4v) is 5.60. The van der Waals surface area contributed by atoms with Gasteiger partial charge in [0.15, 0.2) is 20.2 Å². The van der Waals surface area contributed by atoms with Crippen molar-refractivity contribution in [1.82, 2.24) is 4.90 Å². The summed E-state index contributed by atoms with van der Waals surface area (Å²) in [7, 11) is -2.30. The van der Waals surface area contributed by atoms with Crippen LogP contribution in [-0.4, -0.2) is 68.2 Å². The van der Waals surface area contributed by atoms with E-state index in [0.29, 0.717) is 17.5 Å². The summed E-state index contributed by atoms with van der Waals surface area (Å²) in [6, 6.07) is 6.79. The maximum atomic E-state index is 13.1. The molecule has 2 amide bonds. The molecule has 0 aliphatic carbocycles. The summed E-state index contributed by atoms with van der Waals surface area (Å²) in [4.78, 5) is 52.5. The zero-order valence-electron chi connectivity index (χ0n) is 23.5. The van der Waals surface area contributed by atoms with Crippen LogP contribution in [0, 0.1) is 11.3 Å². The van der Waals surface area contributed by atoms with Crippen LogP contribution >= 0.6 is 0 Å². The summed E-state index contributed by atoms with van der Waals surface area (Å²) in [5, 5.41) is -0.102. The Kier molecular flexibility index (Phi) is 8.22. The molecule has 1 aromatic carbocycles. The van der Waals surface area contributed by atoms with Gasteiger partial charge in [0.2, 0.25) is 0 Å². The smallest absolute Gasteiger partial charge is 0.311 e. The zero-order valence-corrected chi connectivity index (χ0v) is 24.5. The molecule has 2 aliphatic heterocycles. The van der Waals surface area contributed by atoms with Crippen molar-refractivity contribution in [1.29, 1.82) is 0 Å². The molecule has 0 radical (unpaired) electrons. The lowest BCUT2D eigenvalue weighted by atomic mass is 9.96. The molecule has 0 aromatic heterocycles. The number of hydrogen-bond acceptors (Lipinski definition) is 7. The van der Waals surface area contributed by atoms with Gasteiger partial charge in [0, 0.05) is 12.3 Å². The van der Waals surface area contributed by atoms with Gasteiger partial charge in [-0.2, -0.15) is 0 Å². The quantitative estimate of drug-likeness (QED) is 0.274. The third-order valence-corrected chi connectivity index (χ3v) is 12.2. The number of ketones is 1. The first-order valence-electron chi connectivity index (χ1n) is 12.9. The molecule has 1 saturated heterocycles. The molecule has 0 bridgehead atoms. The maximum absolute atomic E-state index is 13.1. The summed E-state index contributed by atoms with van der Waals surface area (Å²) >= 11 is 0. The Morgan fingerprint density at radius 3 is 2.05 bits per heavy atom. The van der Waals surface area contributed by atoms with Gasteiger partial charge in [0.05, 0.1) is 35.3 Å². The molecule has 8 nitrogen and oxygen atoms in total. The Hall–Kier alpha value is -2.36. The molecule has 1 aromatic rings. The summed E-state index contributed by atoms with van der Waals surface area (Å²) in [6.07, 6.45) is -1.52. The van der Waals surface area contributed by atoms with Crippen molar-refractivity contribution in [3.05, 3.63) is 35.4 Å². The third-order valence-electron chi connectivity index (χ3n) is 7.67. The number of carbonyl (C=O) groups is 4. The number of imide groups is 1. The fourth-order valence-electron chi connectivity index (χ4n) is 4.24. The van der Waals surface area contributed by atoms with Gasteiger partial charge >= 0.3 is 5.97 Å². The average molecular weight is 532 g/mol. The number of carbonyl (C=O) groups excluding carboxylic acids is 4. The van der Waals surface area contributed by atoms with E-state index in [4.69, 9.17) is 13.9 Å². The van der Waals surface area contributed by atoms with Crippen LogP contribution in [-0.2, 0) is 23.5 Å². The maximum Gasteiger partial charge on any atom is 0.311 e. The molecule has 204 valence electrons. The van der Waals surface area contributed by atoms with Crippen molar-refractivity contribution >= 4 is 31.9 Å². The topological polar surface area (TPSA) is 99.2 Å². The van der Waals surface area contributed by atoms with E-state index in [2.05, 4.69) is 33.9 Å². The predicted octanol–water partition coefficient (Wildman–Crippen LogP) is 4.63. The first-order chi connectivity index (χ1) is 16.9. The van der Waals surface area contributed by atoms with Crippen LogP contribution in [0.2, 0.25) is 18.1 Å². The second-order valence-electron chi connectivity index (χ2n) is 12.7. The molecule has 0 spiro atoms. The van der Waals surface area contributed by atoms with Crippen LogP contribution in [0.4, 0.5) is 0 Å². The summed E-state index contributed by atoms with van der Waals surface area (Å²) in [5.74, 6) is -1.64. The van der Waals surface area contributed by atoms with Gasteiger partial charge in [-0.3, -0.25) is 24.1 Å². The van der Waals surface area contributed by atoms with Gasteiger partial charge in [-0.05, 0) is 51.0 Å². The first kappa shape index (κ1) is 29.2. The highest BCUT2D eigenvalue weighted by Gasteiger charge is 2.46. The van der Waals surface area contributed by atoms with E-state index in [0.717, 1.165) is 0 Å². The van der Waals surface area contributed by atoms with E-state index < -0.39 is 43.9 Å². The highest BCUT2D eigenvalue weighted by Crippen LogP contribution is 2.39. The third kappa shape index (κ3) is 6.21. The second kappa shape index (κ2) is 10.4. The van der Waals surface area contributed by atoms with Crippen molar-refractivity contribution in [3.8, 4) is 0 Å². The molecule has 37 heavy (non-hydrogen) atoms.